The van der Waals surface area contributed by atoms with Crippen LogP contribution in [0.1, 0.15) is 23.6 Å². The zero-order valence-corrected chi connectivity index (χ0v) is 15.7. The highest BCUT2D eigenvalue weighted by Gasteiger charge is 2.45. The van der Waals surface area contributed by atoms with Gasteiger partial charge in [-0.05, 0) is 0 Å². The zero-order chi connectivity index (χ0) is 18.8. The van der Waals surface area contributed by atoms with Gasteiger partial charge >= 0.3 is 0 Å². The summed E-state index contributed by atoms with van der Waals surface area (Å²) < 4.78 is 0. The lowest BCUT2D eigenvalue weighted by atomic mass is 9.96. The van der Waals surface area contributed by atoms with Crippen LogP contribution in [0.5, 0.6) is 0 Å². The summed E-state index contributed by atoms with van der Waals surface area (Å²) in [6.45, 7) is 3.82. The third-order valence-corrected chi connectivity index (χ3v) is 6.08. The number of benzene rings is 2. The summed E-state index contributed by atoms with van der Waals surface area (Å²) in [6, 6.07) is 21.5. The van der Waals surface area contributed by atoms with Gasteiger partial charge in [0.05, 0.1) is 6.42 Å². The molecule has 2 N–H and O–H groups in total. The quantitative estimate of drug-likeness (QED) is 0.705. The summed E-state index contributed by atoms with van der Waals surface area (Å²) in [5.74, 6) is -0.0557. The van der Waals surface area contributed by atoms with Crippen LogP contribution >= 0.6 is 0 Å². The molecule has 5 heteroatoms. The van der Waals surface area contributed by atoms with Gasteiger partial charge in [0.25, 0.3) is 5.91 Å². The molecule has 0 bridgehead atoms. The van der Waals surface area contributed by atoms with Crippen molar-refractivity contribution in [2.75, 3.05) is 33.2 Å². The van der Waals surface area contributed by atoms with Crippen LogP contribution in [-0.2, 0) is 9.59 Å². The van der Waals surface area contributed by atoms with Crippen molar-refractivity contribution in [3.05, 3.63) is 71.8 Å². The van der Waals surface area contributed by atoms with Crippen molar-refractivity contribution in [1.29, 1.82) is 0 Å². The van der Waals surface area contributed by atoms with Gasteiger partial charge in [-0.15, -0.1) is 0 Å². The summed E-state index contributed by atoms with van der Waals surface area (Å²) in [4.78, 5) is 28.3. The number of carbonyl (C=O) groups is 2. The lowest BCUT2D eigenvalue weighted by molar-refractivity contribution is -1.03. The lowest BCUT2D eigenvalue weighted by Gasteiger charge is -2.36. The highest BCUT2D eigenvalue weighted by Crippen LogP contribution is 2.19. The average Bonchev–Trinajstić information content (AvgIpc) is 2.98. The molecule has 2 amide bonds. The zero-order valence-electron chi connectivity index (χ0n) is 15.7. The number of likely N-dealkylation sites (tertiary alicyclic amines) is 1. The Bertz CT molecular complexity index is 761. The van der Waals surface area contributed by atoms with Crippen LogP contribution in [0.3, 0.4) is 0 Å². The van der Waals surface area contributed by atoms with E-state index >= 15 is 0 Å². The first-order chi connectivity index (χ1) is 13.1. The summed E-state index contributed by atoms with van der Waals surface area (Å²) in [7, 11) is 1.60. The Labute approximate surface area is 160 Å². The van der Waals surface area contributed by atoms with E-state index in [0.717, 1.165) is 26.2 Å². The molecule has 1 atom stereocenters. The highest BCUT2D eigenvalue weighted by atomic mass is 16.2. The van der Waals surface area contributed by atoms with Crippen molar-refractivity contribution < 1.29 is 19.4 Å². The predicted octanol–water partition coefficient (Wildman–Crippen LogP) is -0.683. The van der Waals surface area contributed by atoms with Gasteiger partial charge < -0.3 is 9.80 Å². The smallest absolute Gasteiger partial charge is 0.287 e. The molecule has 1 unspecified atom stereocenters. The Morgan fingerprint density at radius 3 is 1.81 bits per heavy atom. The normalized spacial score (nSPS) is 26.0. The van der Waals surface area contributed by atoms with Crippen molar-refractivity contribution in [2.24, 2.45) is 0 Å². The van der Waals surface area contributed by atoms with Crippen molar-refractivity contribution in [3.8, 4) is 0 Å². The number of carbonyl (C=O) groups excluding carboxylic acids is 2. The Kier molecular flexibility index (Phi) is 5.05. The molecule has 2 heterocycles. The molecule has 0 radical (unpaired) electrons. The van der Waals surface area contributed by atoms with Gasteiger partial charge in [0.15, 0.2) is 6.04 Å². The minimum Gasteiger partial charge on any atom is -0.316 e. The molecule has 2 aliphatic heterocycles. The number of rotatable bonds is 4. The maximum absolute atomic E-state index is 12.4. The van der Waals surface area contributed by atoms with E-state index in [9.17, 15) is 9.59 Å². The summed E-state index contributed by atoms with van der Waals surface area (Å²) in [5.41, 5.74) is 2.66. The van der Waals surface area contributed by atoms with Crippen LogP contribution in [0.25, 0.3) is 0 Å². The van der Waals surface area contributed by atoms with Gasteiger partial charge in [0.2, 0.25) is 5.91 Å². The fraction of sp³-hybridized carbons (Fsp3) is 0.364. The maximum Gasteiger partial charge on any atom is 0.287 e. The van der Waals surface area contributed by atoms with E-state index in [1.165, 1.54) is 25.8 Å². The number of quaternary nitrogens is 2. The van der Waals surface area contributed by atoms with Gasteiger partial charge in [0.1, 0.15) is 32.2 Å². The van der Waals surface area contributed by atoms with E-state index in [2.05, 4.69) is 60.7 Å². The standard InChI is InChI=1S/C22H25N3O2/c1-23-20(26)16-19(22(23)27)24-12-14-25(15-13-24)21(17-8-4-2-5-9-17)18-10-6-3-7-11-18/h2-11,19,21H,12-16H2,1H3/p+2. The molecule has 2 aliphatic rings. The summed E-state index contributed by atoms with van der Waals surface area (Å²) >= 11 is 0. The number of amides is 2. The van der Waals surface area contributed by atoms with Gasteiger partial charge in [-0.3, -0.25) is 14.5 Å². The van der Waals surface area contributed by atoms with E-state index in [-0.39, 0.29) is 17.9 Å². The van der Waals surface area contributed by atoms with Crippen LogP contribution in [0, 0.1) is 0 Å². The maximum atomic E-state index is 12.4. The van der Waals surface area contributed by atoms with Gasteiger partial charge in [-0.2, -0.15) is 0 Å². The van der Waals surface area contributed by atoms with E-state index in [0.29, 0.717) is 12.5 Å². The second-order valence-electron chi connectivity index (χ2n) is 7.62. The highest BCUT2D eigenvalue weighted by molar-refractivity contribution is 6.04. The molecule has 2 aromatic carbocycles. The molecule has 2 saturated heterocycles. The van der Waals surface area contributed by atoms with Crippen molar-refractivity contribution >= 4 is 11.8 Å². The third kappa shape index (κ3) is 3.53. The first kappa shape index (κ1) is 17.9. The Balaban J connectivity index is 1.51. The van der Waals surface area contributed by atoms with Gasteiger partial charge in [-0.1, -0.05) is 60.7 Å². The van der Waals surface area contributed by atoms with Crippen LogP contribution in [-0.4, -0.2) is 56.0 Å². The Morgan fingerprint density at radius 2 is 1.37 bits per heavy atom. The number of nitrogens with one attached hydrogen (secondary N) is 2. The van der Waals surface area contributed by atoms with E-state index in [4.69, 9.17) is 0 Å². The number of hydrogen-bond donors (Lipinski definition) is 2. The molecule has 0 aromatic heterocycles. The Morgan fingerprint density at radius 1 is 0.852 bits per heavy atom. The molecule has 2 fully saturated rings. The number of hydrogen-bond acceptors (Lipinski definition) is 2. The minimum absolute atomic E-state index is 0.0129. The first-order valence-electron chi connectivity index (χ1n) is 9.74. The third-order valence-electron chi connectivity index (χ3n) is 6.08. The molecule has 2 aromatic rings. The molecular weight excluding hydrogens is 338 g/mol. The average molecular weight is 365 g/mol. The van der Waals surface area contributed by atoms with E-state index < -0.39 is 0 Å². The van der Waals surface area contributed by atoms with E-state index in [1.54, 1.807) is 7.05 Å². The Hall–Kier alpha value is -2.50. The second kappa shape index (κ2) is 7.62. The molecular formula is C22H27N3O2+2. The van der Waals surface area contributed by atoms with Gasteiger partial charge in [-0.25, -0.2) is 0 Å². The lowest BCUT2D eigenvalue weighted by Crippen LogP contribution is -3.30. The molecule has 0 spiro atoms. The number of likely N-dealkylation sites (N-methyl/N-ethyl adjacent to an activating group) is 1. The number of nitrogens with zero attached hydrogens (tertiary/aromatic N) is 1. The summed E-state index contributed by atoms with van der Waals surface area (Å²) in [5, 5.41) is 0. The number of imide groups is 1. The predicted molar refractivity (Wildman–Crippen MR) is 102 cm³/mol. The van der Waals surface area contributed by atoms with Crippen molar-refractivity contribution in [3.63, 3.8) is 0 Å². The van der Waals surface area contributed by atoms with Crippen molar-refractivity contribution in [1.82, 2.24) is 4.90 Å². The molecule has 0 saturated carbocycles. The molecule has 140 valence electrons. The van der Waals surface area contributed by atoms with Crippen LogP contribution in [0.2, 0.25) is 0 Å². The molecule has 5 nitrogen and oxygen atoms in total. The summed E-state index contributed by atoms with van der Waals surface area (Å²) in [6.07, 6.45) is 0.362. The van der Waals surface area contributed by atoms with Crippen LogP contribution < -0.4 is 9.80 Å². The topological polar surface area (TPSA) is 46.3 Å². The molecule has 0 aliphatic carbocycles. The second-order valence-corrected chi connectivity index (χ2v) is 7.62. The van der Waals surface area contributed by atoms with Crippen LogP contribution in [0.15, 0.2) is 60.7 Å². The first-order valence-corrected chi connectivity index (χ1v) is 9.74. The largest absolute Gasteiger partial charge is 0.316 e. The fourth-order valence-corrected chi connectivity index (χ4v) is 4.56. The van der Waals surface area contributed by atoms with Gasteiger partial charge in [0, 0.05) is 18.2 Å². The van der Waals surface area contributed by atoms with Crippen molar-refractivity contribution in [2.45, 2.75) is 18.5 Å². The van der Waals surface area contributed by atoms with E-state index in [1.807, 2.05) is 0 Å². The monoisotopic (exact) mass is 365 g/mol. The molecule has 27 heavy (non-hydrogen) atoms. The molecule has 4 rings (SSSR count). The fourth-order valence-electron chi connectivity index (χ4n) is 4.56. The number of piperazine rings is 1. The van der Waals surface area contributed by atoms with Crippen LogP contribution in [0.4, 0.5) is 0 Å². The minimum atomic E-state index is -0.184. The SMILES string of the molecule is CN1C(=O)CC([NH+]2CC[NH+](C(c3ccccc3)c3ccccc3)CC2)C1=O.